The van der Waals surface area contributed by atoms with Gasteiger partial charge in [0, 0.05) is 17.2 Å². The lowest BCUT2D eigenvalue weighted by molar-refractivity contribution is 0.304. The Hall–Kier alpha value is -3.71. The number of benzene rings is 3. The molecule has 0 saturated carbocycles. The van der Waals surface area contributed by atoms with Gasteiger partial charge in [0.15, 0.2) is 17.3 Å². The van der Waals surface area contributed by atoms with Gasteiger partial charge in [0.25, 0.3) is 0 Å². The average Bonchev–Trinajstić information content (AvgIpc) is 3.27. The molecule has 164 valence electrons. The van der Waals surface area contributed by atoms with E-state index < -0.39 is 5.82 Å². The normalized spacial score (nSPS) is 10.8. The molecule has 1 N–H and O–H groups in total. The van der Waals surface area contributed by atoms with Crippen LogP contribution in [0.4, 0.5) is 4.39 Å². The average molecular weight is 456 g/mol. The van der Waals surface area contributed by atoms with Crippen LogP contribution in [0.2, 0.25) is 5.02 Å². The molecule has 0 spiro atoms. The molecule has 0 atom stereocenters. The SMILES string of the molecule is COc1ccc(-c2cnoc2-c2ccc(OCc3ccc(F)cc3Cl)cc2O)cc1OC. The topological polar surface area (TPSA) is 74.0 Å². The summed E-state index contributed by atoms with van der Waals surface area (Å²) in [5, 5.41) is 14.8. The number of aromatic nitrogens is 1. The number of aromatic hydroxyl groups is 1. The van der Waals surface area contributed by atoms with E-state index in [0.717, 1.165) is 5.56 Å². The lowest BCUT2D eigenvalue weighted by atomic mass is 10.0. The number of hydrogen-bond donors (Lipinski definition) is 1. The van der Waals surface area contributed by atoms with Crippen molar-refractivity contribution in [1.29, 1.82) is 0 Å². The van der Waals surface area contributed by atoms with Crippen LogP contribution in [0.25, 0.3) is 22.5 Å². The molecular formula is C24H19ClFNO5. The predicted molar refractivity (Wildman–Crippen MR) is 118 cm³/mol. The summed E-state index contributed by atoms with van der Waals surface area (Å²) in [6, 6.07) is 14.3. The zero-order chi connectivity index (χ0) is 22.7. The summed E-state index contributed by atoms with van der Waals surface area (Å²) in [4.78, 5) is 0. The van der Waals surface area contributed by atoms with E-state index >= 15 is 0 Å². The fourth-order valence-electron chi connectivity index (χ4n) is 3.24. The second-order valence-corrected chi connectivity index (χ2v) is 7.25. The smallest absolute Gasteiger partial charge is 0.178 e. The molecule has 3 aromatic carbocycles. The molecule has 0 aliphatic carbocycles. The van der Waals surface area contributed by atoms with Crippen molar-refractivity contribution >= 4 is 11.6 Å². The molecule has 4 rings (SSSR count). The number of ether oxygens (including phenoxy) is 3. The van der Waals surface area contributed by atoms with Crippen molar-refractivity contribution in [1.82, 2.24) is 5.16 Å². The van der Waals surface area contributed by atoms with Crippen LogP contribution in [-0.2, 0) is 6.61 Å². The molecule has 1 heterocycles. The first-order chi connectivity index (χ1) is 15.5. The van der Waals surface area contributed by atoms with Crippen LogP contribution in [0.3, 0.4) is 0 Å². The maximum absolute atomic E-state index is 13.2. The van der Waals surface area contributed by atoms with Crippen molar-refractivity contribution in [3.05, 3.63) is 77.2 Å². The van der Waals surface area contributed by atoms with Gasteiger partial charge in [-0.25, -0.2) is 4.39 Å². The molecule has 0 bridgehead atoms. The Morgan fingerprint density at radius 2 is 1.78 bits per heavy atom. The van der Waals surface area contributed by atoms with Crippen molar-refractivity contribution in [3.8, 4) is 45.4 Å². The van der Waals surface area contributed by atoms with Crippen LogP contribution in [-0.4, -0.2) is 24.5 Å². The first kappa shape index (κ1) is 21.5. The zero-order valence-corrected chi connectivity index (χ0v) is 18.0. The van der Waals surface area contributed by atoms with E-state index in [9.17, 15) is 9.50 Å². The lowest BCUT2D eigenvalue weighted by Crippen LogP contribution is -1.97. The van der Waals surface area contributed by atoms with Crippen LogP contribution in [0.15, 0.2) is 65.3 Å². The molecule has 4 aromatic rings. The van der Waals surface area contributed by atoms with Crippen LogP contribution in [0, 0.1) is 5.82 Å². The van der Waals surface area contributed by atoms with Crippen LogP contribution >= 0.6 is 11.6 Å². The molecule has 0 saturated heterocycles. The highest BCUT2D eigenvalue weighted by molar-refractivity contribution is 6.31. The minimum absolute atomic E-state index is 0.0498. The monoisotopic (exact) mass is 455 g/mol. The number of hydrogen-bond acceptors (Lipinski definition) is 6. The molecule has 0 fully saturated rings. The minimum atomic E-state index is -0.418. The molecule has 8 heteroatoms. The third-order valence-corrected chi connectivity index (χ3v) is 5.24. The van der Waals surface area contributed by atoms with Gasteiger partial charge in [-0.2, -0.15) is 0 Å². The zero-order valence-electron chi connectivity index (χ0n) is 17.3. The Kier molecular flexibility index (Phi) is 6.18. The Bertz CT molecular complexity index is 1260. The van der Waals surface area contributed by atoms with Crippen molar-refractivity contribution in [3.63, 3.8) is 0 Å². The molecule has 32 heavy (non-hydrogen) atoms. The lowest BCUT2D eigenvalue weighted by Gasteiger charge is -2.11. The third-order valence-electron chi connectivity index (χ3n) is 4.89. The van der Waals surface area contributed by atoms with Crippen molar-refractivity contribution in [2.24, 2.45) is 0 Å². The highest BCUT2D eigenvalue weighted by Gasteiger charge is 2.18. The van der Waals surface area contributed by atoms with Gasteiger partial charge in [-0.15, -0.1) is 0 Å². The Morgan fingerprint density at radius 1 is 0.969 bits per heavy atom. The van der Waals surface area contributed by atoms with Crippen molar-refractivity contribution in [2.75, 3.05) is 14.2 Å². The van der Waals surface area contributed by atoms with E-state index in [2.05, 4.69) is 5.16 Å². The fourth-order valence-corrected chi connectivity index (χ4v) is 3.46. The number of rotatable bonds is 7. The third kappa shape index (κ3) is 4.33. The van der Waals surface area contributed by atoms with E-state index in [4.69, 9.17) is 30.3 Å². The van der Waals surface area contributed by atoms with Crippen LogP contribution in [0.5, 0.6) is 23.0 Å². The van der Waals surface area contributed by atoms with Gasteiger partial charge in [-0.1, -0.05) is 28.9 Å². The number of methoxy groups -OCH3 is 2. The van der Waals surface area contributed by atoms with E-state index in [0.29, 0.717) is 39.7 Å². The van der Waals surface area contributed by atoms with Gasteiger partial charge in [-0.3, -0.25) is 0 Å². The molecule has 0 aliphatic rings. The molecule has 0 unspecified atom stereocenters. The van der Waals surface area contributed by atoms with E-state index in [1.165, 1.54) is 18.2 Å². The molecule has 0 aliphatic heterocycles. The number of nitrogens with zero attached hydrogens (tertiary/aromatic N) is 1. The molecule has 0 amide bonds. The maximum atomic E-state index is 13.2. The van der Waals surface area contributed by atoms with Crippen molar-refractivity contribution in [2.45, 2.75) is 6.61 Å². The highest BCUT2D eigenvalue weighted by Crippen LogP contribution is 2.40. The molecule has 0 radical (unpaired) electrons. The first-order valence-corrected chi connectivity index (χ1v) is 9.95. The molecular weight excluding hydrogens is 437 g/mol. The molecule has 6 nitrogen and oxygen atoms in total. The number of phenolic OH excluding ortho intramolecular Hbond substituents is 1. The summed E-state index contributed by atoms with van der Waals surface area (Å²) in [6.07, 6.45) is 1.57. The molecule has 1 aromatic heterocycles. The summed E-state index contributed by atoms with van der Waals surface area (Å²) in [7, 11) is 3.12. The first-order valence-electron chi connectivity index (χ1n) is 9.57. The summed E-state index contributed by atoms with van der Waals surface area (Å²) < 4.78 is 35.0. The second kappa shape index (κ2) is 9.20. The Balaban J connectivity index is 1.59. The van der Waals surface area contributed by atoms with E-state index in [-0.39, 0.29) is 17.4 Å². The highest BCUT2D eigenvalue weighted by atomic mass is 35.5. The van der Waals surface area contributed by atoms with Gasteiger partial charge < -0.3 is 23.8 Å². The number of phenols is 1. The van der Waals surface area contributed by atoms with Gasteiger partial charge in [0.2, 0.25) is 0 Å². The summed E-state index contributed by atoms with van der Waals surface area (Å²) in [6.45, 7) is 0.122. The number of halogens is 2. The Morgan fingerprint density at radius 3 is 2.50 bits per heavy atom. The minimum Gasteiger partial charge on any atom is -0.507 e. The standard InChI is InChI=1S/C24H19ClFNO5/c1-29-22-8-4-14(9-23(22)30-2)19-12-27-32-24(19)18-7-6-17(11-21(18)28)31-13-15-3-5-16(26)10-20(15)25/h3-12,28H,13H2,1-2H3. The van der Waals surface area contributed by atoms with E-state index in [1.807, 2.05) is 6.07 Å². The van der Waals surface area contributed by atoms with Crippen LogP contribution in [0.1, 0.15) is 5.56 Å². The predicted octanol–water partition coefficient (Wildman–Crippen LogP) is 6.10. The summed E-state index contributed by atoms with van der Waals surface area (Å²) in [5.41, 5.74) is 2.53. The quantitative estimate of drug-likeness (QED) is 0.363. The maximum Gasteiger partial charge on any atom is 0.178 e. The van der Waals surface area contributed by atoms with Gasteiger partial charge in [-0.05, 0) is 42.0 Å². The van der Waals surface area contributed by atoms with Crippen LogP contribution < -0.4 is 14.2 Å². The largest absolute Gasteiger partial charge is 0.507 e. The Labute approximate surface area is 188 Å². The van der Waals surface area contributed by atoms with E-state index in [1.54, 1.807) is 50.7 Å². The second-order valence-electron chi connectivity index (χ2n) is 6.84. The summed E-state index contributed by atoms with van der Waals surface area (Å²) >= 11 is 6.03. The van der Waals surface area contributed by atoms with Gasteiger partial charge in [0.05, 0.1) is 31.0 Å². The van der Waals surface area contributed by atoms with Gasteiger partial charge in [0.1, 0.15) is 23.9 Å². The van der Waals surface area contributed by atoms with Gasteiger partial charge >= 0.3 is 0 Å². The fraction of sp³-hybridized carbons (Fsp3) is 0.125. The van der Waals surface area contributed by atoms with Crippen molar-refractivity contribution < 1.29 is 28.2 Å². The summed E-state index contributed by atoms with van der Waals surface area (Å²) in [5.74, 6) is 1.50.